The van der Waals surface area contributed by atoms with Gasteiger partial charge in [-0.1, -0.05) is 0 Å². The lowest BCUT2D eigenvalue weighted by atomic mass is 9.48. The molecule has 19 heavy (non-hydrogen) atoms. The first-order chi connectivity index (χ1) is 9.07. The van der Waals surface area contributed by atoms with E-state index in [2.05, 4.69) is 4.57 Å². The van der Waals surface area contributed by atoms with E-state index < -0.39 is 5.97 Å². The van der Waals surface area contributed by atoms with Crippen LogP contribution in [0.1, 0.15) is 54.6 Å². The van der Waals surface area contributed by atoms with Crippen LogP contribution in [0.15, 0.2) is 12.3 Å². The van der Waals surface area contributed by atoms with Crippen LogP contribution in [0.5, 0.6) is 0 Å². The third kappa shape index (κ3) is 1.53. The molecule has 0 aromatic carbocycles. The molecular formula is C16H21NO2. The maximum absolute atomic E-state index is 11.5. The number of aryl methyl sites for hydroxylation is 1. The van der Waals surface area contributed by atoms with Crippen molar-refractivity contribution >= 4 is 5.97 Å². The van der Waals surface area contributed by atoms with Gasteiger partial charge in [0, 0.05) is 24.4 Å². The van der Waals surface area contributed by atoms with E-state index >= 15 is 0 Å². The van der Waals surface area contributed by atoms with Crippen LogP contribution in [0.2, 0.25) is 0 Å². The van der Waals surface area contributed by atoms with E-state index in [0.717, 1.165) is 23.4 Å². The van der Waals surface area contributed by atoms with Crippen molar-refractivity contribution < 1.29 is 9.90 Å². The van der Waals surface area contributed by atoms with Gasteiger partial charge in [0.15, 0.2) is 0 Å². The Morgan fingerprint density at radius 3 is 2.21 bits per heavy atom. The lowest BCUT2D eigenvalue weighted by Crippen LogP contribution is -2.49. The van der Waals surface area contributed by atoms with Crippen LogP contribution >= 0.6 is 0 Å². The summed E-state index contributed by atoms with van der Waals surface area (Å²) >= 11 is 0. The van der Waals surface area contributed by atoms with Crippen LogP contribution in [-0.4, -0.2) is 15.6 Å². The van der Waals surface area contributed by atoms with Crippen molar-refractivity contribution in [2.24, 2.45) is 24.8 Å². The second-order valence-electron chi connectivity index (χ2n) is 7.19. The lowest BCUT2D eigenvalue weighted by Gasteiger charge is -2.57. The van der Waals surface area contributed by atoms with Gasteiger partial charge >= 0.3 is 5.97 Å². The van der Waals surface area contributed by atoms with Gasteiger partial charge in [-0.2, -0.15) is 0 Å². The second-order valence-corrected chi connectivity index (χ2v) is 7.19. The highest BCUT2D eigenvalue weighted by Gasteiger charge is 2.53. The first kappa shape index (κ1) is 11.6. The second kappa shape index (κ2) is 3.65. The molecule has 102 valence electrons. The Morgan fingerprint density at radius 2 is 1.74 bits per heavy atom. The highest BCUT2D eigenvalue weighted by Crippen LogP contribution is 2.61. The summed E-state index contributed by atoms with van der Waals surface area (Å²) in [5.74, 6) is 1.79. The predicted octanol–water partition coefficient (Wildman–Crippen LogP) is 3.19. The quantitative estimate of drug-likeness (QED) is 0.886. The number of carboxylic acid groups (broad SMARTS) is 1. The van der Waals surface area contributed by atoms with E-state index in [0.29, 0.717) is 5.56 Å². The van der Waals surface area contributed by atoms with Crippen LogP contribution in [0.3, 0.4) is 0 Å². The minimum atomic E-state index is -0.758. The molecule has 1 aromatic heterocycles. The molecule has 1 heterocycles. The average Bonchev–Trinajstić information content (AvgIpc) is 2.70. The molecule has 0 spiro atoms. The summed E-state index contributed by atoms with van der Waals surface area (Å²) in [5, 5.41) is 9.47. The maximum atomic E-state index is 11.5. The number of aromatic nitrogens is 1. The van der Waals surface area contributed by atoms with Crippen LogP contribution in [0.4, 0.5) is 0 Å². The van der Waals surface area contributed by atoms with Crippen molar-refractivity contribution in [2.45, 2.75) is 43.9 Å². The van der Waals surface area contributed by atoms with Crippen molar-refractivity contribution in [1.29, 1.82) is 0 Å². The smallest absolute Gasteiger partial charge is 0.337 e. The molecule has 0 atom stereocenters. The van der Waals surface area contributed by atoms with E-state index in [9.17, 15) is 9.90 Å². The van der Waals surface area contributed by atoms with Gasteiger partial charge in [-0.05, 0) is 62.3 Å². The number of hydrogen-bond donors (Lipinski definition) is 1. The summed E-state index contributed by atoms with van der Waals surface area (Å²) < 4.78 is 2.08. The zero-order valence-corrected chi connectivity index (χ0v) is 11.4. The molecule has 5 rings (SSSR count). The number of rotatable bonds is 2. The average molecular weight is 259 g/mol. The number of aromatic carboxylic acids is 1. The normalized spacial score (nSPS) is 39.7. The van der Waals surface area contributed by atoms with E-state index in [-0.39, 0.29) is 5.41 Å². The topological polar surface area (TPSA) is 42.2 Å². The van der Waals surface area contributed by atoms with E-state index in [4.69, 9.17) is 0 Å². The Balaban J connectivity index is 1.84. The molecule has 0 aliphatic heterocycles. The first-order valence-corrected chi connectivity index (χ1v) is 7.46. The lowest BCUT2D eigenvalue weighted by molar-refractivity contribution is -0.00906. The van der Waals surface area contributed by atoms with E-state index in [1.807, 2.05) is 13.2 Å². The fraction of sp³-hybridized carbons (Fsp3) is 0.688. The first-order valence-electron chi connectivity index (χ1n) is 7.46. The van der Waals surface area contributed by atoms with Crippen molar-refractivity contribution in [1.82, 2.24) is 4.57 Å². The molecule has 3 heteroatoms. The Bertz CT molecular complexity index is 508. The number of nitrogens with zero attached hydrogens (tertiary/aromatic N) is 1. The third-order valence-corrected chi connectivity index (χ3v) is 5.84. The van der Waals surface area contributed by atoms with Crippen molar-refractivity contribution in [3.63, 3.8) is 0 Å². The predicted molar refractivity (Wildman–Crippen MR) is 72.2 cm³/mol. The zero-order chi connectivity index (χ0) is 13.2. The molecule has 1 aromatic rings. The van der Waals surface area contributed by atoms with Gasteiger partial charge in [0.05, 0.1) is 5.56 Å². The van der Waals surface area contributed by atoms with Gasteiger partial charge < -0.3 is 9.67 Å². The highest BCUT2D eigenvalue weighted by molar-refractivity contribution is 5.89. The molecule has 3 nitrogen and oxygen atoms in total. The summed E-state index contributed by atoms with van der Waals surface area (Å²) in [6, 6.07) is 1.79. The third-order valence-electron chi connectivity index (χ3n) is 5.84. The largest absolute Gasteiger partial charge is 0.478 e. The summed E-state index contributed by atoms with van der Waals surface area (Å²) in [6.07, 6.45) is 9.77. The zero-order valence-electron chi connectivity index (χ0n) is 11.4. The molecular weight excluding hydrogens is 238 g/mol. The highest BCUT2D eigenvalue weighted by atomic mass is 16.4. The Kier molecular flexibility index (Phi) is 2.22. The van der Waals surface area contributed by atoms with Crippen LogP contribution in [-0.2, 0) is 12.5 Å². The van der Waals surface area contributed by atoms with E-state index in [1.165, 1.54) is 38.5 Å². The molecule has 4 saturated carbocycles. The van der Waals surface area contributed by atoms with Crippen LogP contribution in [0.25, 0.3) is 0 Å². The van der Waals surface area contributed by atoms with E-state index in [1.54, 1.807) is 6.07 Å². The number of hydrogen-bond acceptors (Lipinski definition) is 1. The Labute approximate surface area is 113 Å². The van der Waals surface area contributed by atoms with Crippen molar-refractivity contribution in [2.75, 3.05) is 0 Å². The van der Waals surface area contributed by atoms with Gasteiger partial charge in [-0.3, -0.25) is 0 Å². The number of carboxylic acids is 1. The van der Waals surface area contributed by atoms with Gasteiger partial charge in [0.2, 0.25) is 0 Å². The maximum Gasteiger partial charge on any atom is 0.337 e. The molecule has 4 bridgehead atoms. The van der Waals surface area contributed by atoms with Gasteiger partial charge in [0.25, 0.3) is 0 Å². The molecule has 1 N–H and O–H groups in total. The summed E-state index contributed by atoms with van der Waals surface area (Å²) in [6.45, 7) is 0. The minimum Gasteiger partial charge on any atom is -0.478 e. The molecule has 4 aliphatic rings. The fourth-order valence-electron chi connectivity index (χ4n) is 5.76. The van der Waals surface area contributed by atoms with Gasteiger partial charge in [0.1, 0.15) is 0 Å². The summed E-state index contributed by atoms with van der Waals surface area (Å²) in [7, 11) is 2.01. The van der Waals surface area contributed by atoms with Crippen molar-refractivity contribution in [3.05, 3.63) is 23.5 Å². The molecule has 0 saturated heterocycles. The molecule has 4 fully saturated rings. The number of carbonyl (C=O) groups is 1. The summed E-state index contributed by atoms with van der Waals surface area (Å²) in [5.41, 5.74) is 1.82. The monoisotopic (exact) mass is 259 g/mol. The SMILES string of the molecule is Cn1ccc(C(=O)O)c1C12CC3CC(CC(C3)C1)C2. The van der Waals surface area contributed by atoms with Crippen LogP contribution < -0.4 is 0 Å². The molecule has 0 unspecified atom stereocenters. The van der Waals surface area contributed by atoms with Crippen LogP contribution in [0, 0.1) is 17.8 Å². The molecule has 0 radical (unpaired) electrons. The van der Waals surface area contributed by atoms with Crippen molar-refractivity contribution in [3.8, 4) is 0 Å². The Morgan fingerprint density at radius 1 is 1.21 bits per heavy atom. The summed E-state index contributed by atoms with van der Waals surface area (Å²) in [4.78, 5) is 11.5. The molecule has 4 aliphatic carbocycles. The van der Waals surface area contributed by atoms with Gasteiger partial charge in [-0.15, -0.1) is 0 Å². The minimum absolute atomic E-state index is 0.167. The Hall–Kier alpha value is -1.25. The van der Waals surface area contributed by atoms with Gasteiger partial charge in [-0.25, -0.2) is 4.79 Å². The standard InChI is InChI=1S/C16H21NO2/c1-17-3-2-13(15(18)19)14(17)16-7-10-4-11(8-16)6-12(5-10)9-16/h2-3,10-12H,4-9H2,1H3,(H,18,19). The fourth-order valence-corrected chi connectivity index (χ4v) is 5.76. The molecule has 0 amide bonds.